The standard InChI is InChI=1S/C10H10O3.C6H4F2O/c1-2-7-13-9-5-3-8(4-6-9)10(11)12;7-5-2-1-4(9)3-6(5)8/h2-6H,1,7H2,(H,11,12);1-3,9H. The van der Waals surface area contributed by atoms with Gasteiger partial charge in [-0.2, -0.15) is 0 Å². The third kappa shape index (κ3) is 5.62. The van der Waals surface area contributed by atoms with Crippen molar-refractivity contribution in [2.75, 3.05) is 6.61 Å². The molecular formula is C16H14F2O4. The largest absolute Gasteiger partial charge is 0.508 e. The Hall–Kier alpha value is -2.89. The van der Waals surface area contributed by atoms with Crippen LogP contribution in [0.15, 0.2) is 55.1 Å². The van der Waals surface area contributed by atoms with Crippen molar-refractivity contribution in [2.45, 2.75) is 0 Å². The quantitative estimate of drug-likeness (QED) is 0.847. The first-order chi connectivity index (χ1) is 10.4. The lowest BCUT2D eigenvalue weighted by molar-refractivity contribution is 0.0697. The van der Waals surface area contributed by atoms with Gasteiger partial charge in [0, 0.05) is 6.07 Å². The second kappa shape index (κ2) is 8.41. The van der Waals surface area contributed by atoms with Gasteiger partial charge < -0.3 is 14.9 Å². The first-order valence-electron chi connectivity index (χ1n) is 6.15. The van der Waals surface area contributed by atoms with E-state index in [0.29, 0.717) is 12.4 Å². The van der Waals surface area contributed by atoms with E-state index in [1.54, 1.807) is 18.2 Å². The van der Waals surface area contributed by atoms with Crippen LogP contribution in [0, 0.1) is 11.6 Å². The molecule has 2 aromatic carbocycles. The highest BCUT2D eigenvalue weighted by Crippen LogP contribution is 2.13. The van der Waals surface area contributed by atoms with Crippen molar-refractivity contribution in [1.29, 1.82) is 0 Å². The third-order valence-corrected chi connectivity index (χ3v) is 2.37. The lowest BCUT2D eigenvalue weighted by Gasteiger charge is -2.02. The molecule has 6 heteroatoms. The van der Waals surface area contributed by atoms with Gasteiger partial charge in [-0.3, -0.25) is 0 Å². The zero-order chi connectivity index (χ0) is 16.5. The van der Waals surface area contributed by atoms with Crippen LogP contribution in [-0.2, 0) is 0 Å². The smallest absolute Gasteiger partial charge is 0.335 e. The number of carboxylic acid groups (broad SMARTS) is 1. The third-order valence-electron chi connectivity index (χ3n) is 2.37. The average Bonchev–Trinajstić information content (AvgIpc) is 2.50. The van der Waals surface area contributed by atoms with Crippen LogP contribution >= 0.6 is 0 Å². The number of rotatable bonds is 4. The number of hydrogen-bond donors (Lipinski definition) is 2. The predicted molar refractivity (Wildman–Crippen MR) is 77.1 cm³/mol. The molecular weight excluding hydrogens is 294 g/mol. The lowest BCUT2D eigenvalue weighted by atomic mass is 10.2. The van der Waals surface area contributed by atoms with Gasteiger partial charge in [0.05, 0.1) is 5.56 Å². The molecule has 2 N–H and O–H groups in total. The van der Waals surface area contributed by atoms with E-state index in [9.17, 15) is 13.6 Å². The summed E-state index contributed by atoms with van der Waals surface area (Å²) in [6.07, 6.45) is 1.63. The van der Waals surface area contributed by atoms with Crippen LogP contribution in [0.5, 0.6) is 11.5 Å². The van der Waals surface area contributed by atoms with Crippen molar-refractivity contribution in [2.24, 2.45) is 0 Å². The number of carbonyl (C=O) groups is 1. The molecule has 0 amide bonds. The van der Waals surface area contributed by atoms with Crippen LogP contribution in [0.25, 0.3) is 0 Å². The monoisotopic (exact) mass is 308 g/mol. The van der Waals surface area contributed by atoms with Crippen LogP contribution < -0.4 is 4.74 Å². The molecule has 0 atom stereocenters. The van der Waals surface area contributed by atoms with E-state index >= 15 is 0 Å². The molecule has 0 aliphatic carbocycles. The van der Waals surface area contributed by atoms with Gasteiger partial charge in [0.25, 0.3) is 0 Å². The Kier molecular flexibility index (Phi) is 6.56. The summed E-state index contributed by atoms with van der Waals surface area (Å²) in [4.78, 5) is 10.5. The SMILES string of the molecule is C=CCOc1ccc(C(=O)O)cc1.Oc1ccc(F)c(F)c1. The zero-order valence-electron chi connectivity index (χ0n) is 11.5. The Morgan fingerprint density at radius 3 is 2.23 bits per heavy atom. The lowest BCUT2D eigenvalue weighted by Crippen LogP contribution is -1.97. The normalized spacial score (nSPS) is 9.36. The molecule has 22 heavy (non-hydrogen) atoms. The fourth-order valence-electron chi connectivity index (χ4n) is 1.33. The van der Waals surface area contributed by atoms with Crippen LogP contribution in [-0.4, -0.2) is 22.8 Å². The minimum absolute atomic E-state index is 0.256. The molecule has 0 radical (unpaired) electrons. The summed E-state index contributed by atoms with van der Waals surface area (Å²) in [5.74, 6) is -2.54. The van der Waals surface area contributed by atoms with Gasteiger partial charge in [-0.25, -0.2) is 13.6 Å². The Bertz CT molecular complexity index is 639. The molecule has 0 heterocycles. The summed E-state index contributed by atoms with van der Waals surface area (Å²) < 4.78 is 29.2. The van der Waals surface area contributed by atoms with Crippen LogP contribution in [0.4, 0.5) is 8.78 Å². The van der Waals surface area contributed by atoms with E-state index in [-0.39, 0.29) is 11.3 Å². The van der Waals surface area contributed by atoms with Crippen molar-refractivity contribution >= 4 is 5.97 Å². The highest BCUT2D eigenvalue weighted by atomic mass is 19.2. The van der Waals surface area contributed by atoms with E-state index in [0.717, 1.165) is 18.2 Å². The number of aromatic carboxylic acids is 1. The molecule has 0 fully saturated rings. The molecule has 0 aliphatic rings. The molecule has 116 valence electrons. The van der Waals surface area contributed by atoms with E-state index in [2.05, 4.69) is 6.58 Å². The van der Waals surface area contributed by atoms with Gasteiger partial charge in [0.15, 0.2) is 11.6 Å². The topological polar surface area (TPSA) is 66.8 Å². The second-order valence-electron chi connectivity index (χ2n) is 4.03. The second-order valence-corrected chi connectivity index (χ2v) is 4.03. The Labute approximate surface area is 125 Å². The summed E-state index contributed by atoms with van der Waals surface area (Å²) in [5, 5.41) is 17.1. The number of phenolic OH excluding ortho intramolecular Hbond substituents is 1. The molecule has 0 saturated heterocycles. The Morgan fingerprint density at radius 2 is 1.77 bits per heavy atom. The van der Waals surface area contributed by atoms with Crippen molar-refractivity contribution in [3.63, 3.8) is 0 Å². The molecule has 0 saturated carbocycles. The fraction of sp³-hybridized carbons (Fsp3) is 0.0625. The minimum atomic E-state index is -1.03. The highest BCUT2D eigenvalue weighted by molar-refractivity contribution is 5.87. The molecule has 0 aliphatic heterocycles. The number of carboxylic acids is 1. The summed E-state index contributed by atoms with van der Waals surface area (Å²) in [6, 6.07) is 8.90. The average molecular weight is 308 g/mol. The van der Waals surface area contributed by atoms with Crippen LogP contribution in [0.2, 0.25) is 0 Å². The maximum Gasteiger partial charge on any atom is 0.335 e. The van der Waals surface area contributed by atoms with Crippen molar-refractivity contribution < 1.29 is 28.5 Å². The van der Waals surface area contributed by atoms with Crippen molar-refractivity contribution in [3.8, 4) is 11.5 Å². The maximum atomic E-state index is 12.0. The van der Waals surface area contributed by atoms with E-state index in [1.165, 1.54) is 12.1 Å². The summed E-state index contributed by atoms with van der Waals surface area (Å²) in [5.41, 5.74) is 0.256. The molecule has 0 unspecified atom stereocenters. The summed E-state index contributed by atoms with van der Waals surface area (Å²) in [7, 11) is 0. The van der Waals surface area contributed by atoms with Gasteiger partial charge >= 0.3 is 5.97 Å². The number of aromatic hydroxyl groups is 1. The van der Waals surface area contributed by atoms with E-state index in [4.69, 9.17) is 14.9 Å². The van der Waals surface area contributed by atoms with Crippen molar-refractivity contribution in [3.05, 3.63) is 72.3 Å². The molecule has 4 nitrogen and oxygen atoms in total. The molecule has 0 spiro atoms. The summed E-state index contributed by atoms with van der Waals surface area (Å²) in [6.45, 7) is 3.93. The first-order valence-corrected chi connectivity index (χ1v) is 6.15. The van der Waals surface area contributed by atoms with E-state index in [1.807, 2.05) is 0 Å². The van der Waals surface area contributed by atoms with Gasteiger partial charge in [-0.15, -0.1) is 0 Å². The van der Waals surface area contributed by atoms with Crippen LogP contribution in [0.3, 0.4) is 0 Å². The predicted octanol–water partition coefficient (Wildman–Crippen LogP) is 3.62. The maximum absolute atomic E-state index is 12.0. The number of phenols is 1. The molecule has 2 aromatic rings. The van der Waals surface area contributed by atoms with Gasteiger partial charge in [0.2, 0.25) is 0 Å². The van der Waals surface area contributed by atoms with Gasteiger partial charge in [-0.05, 0) is 36.4 Å². The van der Waals surface area contributed by atoms with Crippen molar-refractivity contribution in [1.82, 2.24) is 0 Å². The van der Waals surface area contributed by atoms with Crippen LogP contribution in [0.1, 0.15) is 10.4 Å². The number of ether oxygens (including phenoxy) is 1. The molecule has 2 rings (SSSR count). The first kappa shape index (κ1) is 17.2. The highest BCUT2D eigenvalue weighted by Gasteiger charge is 2.01. The summed E-state index contributed by atoms with van der Waals surface area (Å²) >= 11 is 0. The van der Waals surface area contributed by atoms with Gasteiger partial charge in [-0.1, -0.05) is 12.7 Å². The van der Waals surface area contributed by atoms with Gasteiger partial charge in [0.1, 0.15) is 18.1 Å². The number of hydrogen-bond acceptors (Lipinski definition) is 3. The zero-order valence-corrected chi connectivity index (χ0v) is 11.5. The number of benzene rings is 2. The Balaban J connectivity index is 0.000000235. The van der Waals surface area contributed by atoms with E-state index < -0.39 is 17.6 Å². The number of halogens is 2. The fourth-order valence-corrected chi connectivity index (χ4v) is 1.33. The Morgan fingerprint density at radius 1 is 1.14 bits per heavy atom. The molecule has 0 aromatic heterocycles. The minimum Gasteiger partial charge on any atom is -0.508 e. The molecule has 0 bridgehead atoms.